The number of rotatable bonds is 8. The highest BCUT2D eigenvalue weighted by Crippen LogP contribution is 2.25. The number of nitriles is 1. The molecule has 1 aromatic carbocycles. The van der Waals surface area contributed by atoms with Gasteiger partial charge in [0.05, 0.1) is 12.5 Å². The molecule has 0 N–H and O–H groups in total. The monoisotopic (exact) mass is 529 g/mol. The molecule has 0 aliphatic rings. The molecule has 36 heavy (non-hydrogen) atoms. The van der Waals surface area contributed by atoms with Crippen LogP contribution in [0, 0.1) is 36.0 Å². The van der Waals surface area contributed by atoms with Gasteiger partial charge in [-0.05, 0) is 97.9 Å². The lowest BCUT2D eigenvalue weighted by molar-refractivity contribution is 0.618. The molecule has 0 saturated carbocycles. The number of aliphatic imine (C=N–C) groups is 1. The van der Waals surface area contributed by atoms with Crippen molar-refractivity contribution in [2.75, 3.05) is 0 Å². The van der Waals surface area contributed by atoms with Crippen molar-refractivity contribution in [3.8, 4) is 6.07 Å². The quantitative estimate of drug-likeness (QED) is 0.319. The fraction of sp³-hybridized carbons (Fsp3) is 0.516. The molecule has 1 aromatic heterocycles. The number of aryl methyl sites for hydroxylation is 2. The molecule has 0 amide bonds. The van der Waals surface area contributed by atoms with Crippen molar-refractivity contribution in [2.45, 2.75) is 88.0 Å². The highest BCUT2D eigenvalue weighted by atomic mass is 35.5. The third-order valence-corrected chi connectivity index (χ3v) is 6.61. The first-order chi connectivity index (χ1) is 17.0. The van der Waals surface area contributed by atoms with E-state index in [0.29, 0.717) is 34.2 Å². The van der Waals surface area contributed by atoms with E-state index in [0.717, 1.165) is 30.5 Å². The first kappa shape index (κ1) is 33.8. The topological polar surface area (TPSA) is 49.0 Å². The van der Waals surface area contributed by atoms with Gasteiger partial charge < -0.3 is 0 Å². The average molecular weight is 531 g/mol. The summed E-state index contributed by atoms with van der Waals surface area (Å²) in [7, 11) is 0. The Morgan fingerprint density at radius 2 is 1.47 bits per heavy atom. The second-order valence-electron chi connectivity index (χ2n) is 9.44. The second-order valence-corrected chi connectivity index (χ2v) is 10.3. The smallest absolute Gasteiger partial charge is 0.0738 e. The Kier molecular flexibility index (Phi) is 17.9. The van der Waals surface area contributed by atoms with Crippen LogP contribution in [0.3, 0.4) is 0 Å². The molecule has 0 aliphatic heterocycles. The number of allylic oxidation sites excluding steroid dienone is 2. The predicted molar refractivity (Wildman–Crippen MR) is 159 cm³/mol. The predicted octanol–water partition coefficient (Wildman–Crippen LogP) is 10.3. The van der Waals surface area contributed by atoms with E-state index in [-0.39, 0.29) is 0 Å². The lowest BCUT2D eigenvalue weighted by atomic mass is 9.93. The third kappa shape index (κ3) is 13.8. The van der Waals surface area contributed by atoms with Crippen molar-refractivity contribution in [3.63, 3.8) is 0 Å². The molecule has 0 fully saturated rings. The zero-order valence-corrected chi connectivity index (χ0v) is 25.2. The number of halogens is 2. The molecule has 198 valence electrons. The van der Waals surface area contributed by atoms with Crippen LogP contribution in [0.2, 0.25) is 10.0 Å². The lowest BCUT2D eigenvalue weighted by Crippen LogP contribution is -2.12. The maximum Gasteiger partial charge on any atom is 0.0738 e. The van der Waals surface area contributed by atoms with Crippen LogP contribution in [-0.2, 0) is 6.42 Å². The molecular weight excluding hydrogens is 485 g/mol. The van der Waals surface area contributed by atoms with Gasteiger partial charge in [-0.25, -0.2) is 0 Å². The van der Waals surface area contributed by atoms with Gasteiger partial charge in [0.1, 0.15) is 0 Å². The van der Waals surface area contributed by atoms with Gasteiger partial charge in [-0.2, -0.15) is 5.26 Å². The van der Waals surface area contributed by atoms with E-state index in [4.69, 9.17) is 33.5 Å². The Bertz CT molecular complexity index is 938. The van der Waals surface area contributed by atoms with E-state index in [1.807, 2.05) is 43.6 Å². The van der Waals surface area contributed by atoms with Crippen molar-refractivity contribution in [3.05, 3.63) is 75.2 Å². The molecule has 2 rings (SSSR count). The molecule has 2 aromatic rings. The number of hydrogen-bond donors (Lipinski definition) is 0. The maximum atomic E-state index is 8.98. The Hall–Kier alpha value is -2.15. The lowest BCUT2D eigenvalue weighted by Gasteiger charge is -2.19. The fourth-order valence-corrected chi connectivity index (χ4v) is 3.97. The van der Waals surface area contributed by atoms with E-state index < -0.39 is 0 Å². The molecule has 0 radical (unpaired) electrons. The number of hydrogen-bond acceptors (Lipinski definition) is 3. The van der Waals surface area contributed by atoms with Crippen molar-refractivity contribution in [2.24, 2.45) is 22.7 Å². The standard InChI is InChI=1S/C17H30N2.C7H6Cl2.C7H9N/c1-8-13(5)15(7)17(12(3)4)19-16(10-11-18)14(6)9-2;1-5-2-6(8)4-7(9)3-5;1-2-7-3-5-8-6-4-7/h12-14H,8-10H2,1-7H3;2-4H,1H3;3-6H,2H2,1H3/b17-15+,19-16?;;/t13?,14-;;/m1../s1. The number of benzene rings is 1. The molecule has 1 heterocycles. The van der Waals surface area contributed by atoms with Crippen LogP contribution in [-0.4, -0.2) is 10.7 Å². The van der Waals surface area contributed by atoms with E-state index in [9.17, 15) is 0 Å². The normalized spacial score (nSPS) is 13.4. The summed E-state index contributed by atoms with van der Waals surface area (Å²) >= 11 is 11.3. The summed E-state index contributed by atoms with van der Waals surface area (Å²) in [4.78, 5) is 8.77. The molecule has 0 bridgehead atoms. The first-order valence-corrected chi connectivity index (χ1v) is 13.7. The van der Waals surface area contributed by atoms with Crippen molar-refractivity contribution in [1.82, 2.24) is 4.98 Å². The van der Waals surface area contributed by atoms with Crippen molar-refractivity contribution < 1.29 is 0 Å². The average Bonchev–Trinajstić information content (AvgIpc) is 2.85. The third-order valence-electron chi connectivity index (χ3n) is 6.17. The molecule has 5 heteroatoms. The zero-order chi connectivity index (χ0) is 27.7. The minimum absolute atomic E-state index is 0.387. The Morgan fingerprint density at radius 3 is 1.83 bits per heavy atom. The number of pyridine rings is 1. The molecule has 3 nitrogen and oxygen atoms in total. The Labute approximate surface area is 230 Å². The van der Waals surface area contributed by atoms with Gasteiger partial charge >= 0.3 is 0 Å². The van der Waals surface area contributed by atoms with Gasteiger partial charge in [-0.15, -0.1) is 0 Å². The van der Waals surface area contributed by atoms with Gasteiger partial charge in [-0.3, -0.25) is 9.98 Å². The first-order valence-electron chi connectivity index (χ1n) is 13.0. The van der Waals surface area contributed by atoms with E-state index in [2.05, 4.69) is 66.4 Å². The highest BCUT2D eigenvalue weighted by molar-refractivity contribution is 6.34. The fourth-order valence-electron chi connectivity index (χ4n) is 3.34. The molecule has 2 atom stereocenters. The van der Waals surface area contributed by atoms with E-state index >= 15 is 0 Å². The van der Waals surface area contributed by atoms with Crippen LogP contribution in [0.25, 0.3) is 0 Å². The highest BCUT2D eigenvalue weighted by Gasteiger charge is 2.15. The molecule has 0 saturated heterocycles. The molecule has 1 unspecified atom stereocenters. The van der Waals surface area contributed by atoms with Crippen LogP contribution >= 0.6 is 23.2 Å². The number of aromatic nitrogens is 1. The van der Waals surface area contributed by atoms with Gasteiger partial charge in [0, 0.05) is 33.8 Å². The summed E-state index contributed by atoms with van der Waals surface area (Å²) in [6, 6.07) is 11.8. The summed E-state index contributed by atoms with van der Waals surface area (Å²) in [5.74, 6) is 1.35. The van der Waals surface area contributed by atoms with Crippen LogP contribution in [0.1, 0.15) is 85.8 Å². The van der Waals surface area contributed by atoms with Crippen molar-refractivity contribution >= 4 is 28.9 Å². The van der Waals surface area contributed by atoms with Gasteiger partial charge in [0.15, 0.2) is 0 Å². The van der Waals surface area contributed by atoms with Gasteiger partial charge in [-0.1, -0.05) is 71.7 Å². The summed E-state index contributed by atoms with van der Waals surface area (Å²) in [5, 5.41) is 10.4. The Balaban J connectivity index is 0.000000587. The van der Waals surface area contributed by atoms with Crippen molar-refractivity contribution in [1.29, 1.82) is 5.26 Å². The maximum absolute atomic E-state index is 8.98. The molecule has 0 aliphatic carbocycles. The summed E-state index contributed by atoms with van der Waals surface area (Å²) in [6.07, 6.45) is 7.35. The van der Waals surface area contributed by atoms with Crippen LogP contribution in [0.5, 0.6) is 0 Å². The summed E-state index contributed by atoms with van der Waals surface area (Å²) < 4.78 is 0. The Morgan fingerprint density at radius 1 is 0.944 bits per heavy atom. The minimum Gasteiger partial charge on any atom is -0.265 e. The van der Waals surface area contributed by atoms with Gasteiger partial charge in [0.2, 0.25) is 0 Å². The van der Waals surface area contributed by atoms with Crippen LogP contribution < -0.4 is 0 Å². The zero-order valence-electron chi connectivity index (χ0n) is 23.7. The van der Waals surface area contributed by atoms with Crippen LogP contribution in [0.4, 0.5) is 0 Å². The van der Waals surface area contributed by atoms with Gasteiger partial charge in [0.25, 0.3) is 0 Å². The summed E-state index contributed by atoms with van der Waals surface area (Å²) in [5.41, 5.74) is 6.03. The molecule has 0 spiro atoms. The minimum atomic E-state index is 0.387. The summed E-state index contributed by atoms with van der Waals surface area (Å²) in [6.45, 7) is 19.4. The largest absolute Gasteiger partial charge is 0.265 e. The molecular formula is C31H45Cl2N3. The second kappa shape index (κ2) is 19.0. The van der Waals surface area contributed by atoms with E-state index in [1.165, 1.54) is 16.8 Å². The SMILES string of the molecule is CCC(C)/C(C)=C(/N=C(CC#N)[C@H](C)CC)C(C)C.CCc1ccncc1.Cc1cc(Cl)cc(Cl)c1. The van der Waals surface area contributed by atoms with Crippen LogP contribution in [0.15, 0.2) is 59.0 Å². The van der Waals surface area contributed by atoms with E-state index in [1.54, 1.807) is 6.07 Å². The number of nitrogens with zero attached hydrogens (tertiary/aromatic N) is 3.